The van der Waals surface area contributed by atoms with Gasteiger partial charge in [0.25, 0.3) is 0 Å². The number of Topliss-reactive ketones (excluding diaryl/α,β-unsaturated/α-hetero) is 1. The van der Waals surface area contributed by atoms with Gasteiger partial charge < -0.3 is 20.1 Å². The third-order valence-electron chi connectivity index (χ3n) is 8.95. The van der Waals surface area contributed by atoms with Crippen LogP contribution in [0.2, 0.25) is 0 Å². The number of aliphatic hydroxyl groups is 3. The van der Waals surface area contributed by atoms with Crippen LogP contribution in [-0.4, -0.2) is 63.9 Å². The molecule has 170 valence electrons. The SMILES string of the molecule is COC(=O)[C@@H]1C[C@H]2[C@@H]3CCC4=CC(=O)C=C[C@]4(C)[C@@]3(F)C(O)C[C@]2(C)[C@@]1(O)C(=O)CO. The topological polar surface area (TPSA) is 121 Å². The number of aliphatic hydroxyl groups excluding tert-OH is 2. The molecule has 0 aromatic heterocycles. The molecule has 4 aliphatic rings. The minimum atomic E-state index is -2.28. The van der Waals surface area contributed by atoms with Gasteiger partial charge in [-0.3, -0.25) is 14.4 Å². The van der Waals surface area contributed by atoms with Crippen molar-refractivity contribution in [2.75, 3.05) is 13.7 Å². The molecule has 0 aromatic carbocycles. The zero-order valence-electron chi connectivity index (χ0n) is 17.9. The predicted octanol–water partition coefficient (Wildman–Crippen LogP) is 1.05. The van der Waals surface area contributed by atoms with Crippen LogP contribution in [0.3, 0.4) is 0 Å². The van der Waals surface area contributed by atoms with Gasteiger partial charge in [-0.05, 0) is 50.7 Å². The number of rotatable bonds is 3. The van der Waals surface area contributed by atoms with E-state index in [0.717, 1.165) is 7.11 Å². The molecule has 0 aromatic rings. The Hall–Kier alpha value is -1.90. The van der Waals surface area contributed by atoms with Crippen LogP contribution >= 0.6 is 0 Å². The summed E-state index contributed by atoms with van der Waals surface area (Å²) in [7, 11) is 1.15. The van der Waals surface area contributed by atoms with Gasteiger partial charge in [0.05, 0.1) is 19.1 Å². The quantitative estimate of drug-likeness (QED) is 0.566. The fraction of sp³-hybridized carbons (Fsp3) is 0.696. The number of esters is 1. The second-order valence-corrected chi connectivity index (χ2v) is 9.92. The van der Waals surface area contributed by atoms with Gasteiger partial charge >= 0.3 is 5.97 Å². The summed E-state index contributed by atoms with van der Waals surface area (Å²) in [6, 6.07) is 0. The molecule has 3 fully saturated rings. The minimum absolute atomic E-state index is 0.00619. The maximum Gasteiger partial charge on any atom is 0.312 e. The molecule has 3 saturated carbocycles. The first-order valence-electron chi connectivity index (χ1n) is 10.7. The van der Waals surface area contributed by atoms with Crippen LogP contribution in [0.15, 0.2) is 23.8 Å². The van der Waals surface area contributed by atoms with Crippen LogP contribution in [0.5, 0.6) is 0 Å². The van der Waals surface area contributed by atoms with Crippen molar-refractivity contribution in [2.45, 2.75) is 56.9 Å². The van der Waals surface area contributed by atoms with Crippen molar-refractivity contribution >= 4 is 17.5 Å². The summed E-state index contributed by atoms with van der Waals surface area (Å²) in [6.07, 6.45) is 3.16. The molecule has 8 atom stereocenters. The summed E-state index contributed by atoms with van der Waals surface area (Å²) in [5.74, 6) is -4.61. The highest BCUT2D eigenvalue weighted by atomic mass is 19.1. The number of carbonyl (C=O) groups excluding carboxylic acids is 3. The molecule has 0 saturated heterocycles. The molecule has 7 nitrogen and oxygen atoms in total. The van der Waals surface area contributed by atoms with E-state index in [1.165, 1.54) is 18.2 Å². The third-order valence-corrected chi connectivity index (χ3v) is 8.95. The Balaban J connectivity index is 1.86. The summed E-state index contributed by atoms with van der Waals surface area (Å²) < 4.78 is 21.9. The molecule has 4 aliphatic carbocycles. The van der Waals surface area contributed by atoms with E-state index in [9.17, 15) is 29.7 Å². The summed E-state index contributed by atoms with van der Waals surface area (Å²) in [6.45, 7) is 2.27. The first-order valence-corrected chi connectivity index (χ1v) is 10.7. The van der Waals surface area contributed by atoms with Crippen molar-refractivity contribution in [1.82, 2.24) is 0 Å². The molecule has 0 amide bonds. The zero-order chi connectivity index (χ0) is 23.0. The molecule has 3 N–H and O–H groups in total. The van der Waals surface area contributed by atoms with Crippen LogP contribution in [0, 0.1) is 28.6 Å². The fourth-order valence-corrected chi connectivity index (χ4v) is 7.30. The number of halogens is 1. The molecule has 0 bridgehead atoms. The van der Waals surface area contributed by atoms with E-state index in [0.29, 0.717) is 18.4 Å². The number of alkyl halides is 1. The molecular weight excluding hydrogens is 407 g/mol. The van der Waals surface area contributed by atoms with Crippen molar-refractivity contribution in [3.63, 3.8) is 0 Å². The lowest BCUT2D eigenvalue weighted by Crippen LogP contribution is -2.69. The maximum absolute atomic E-state index is 17.0. The minimum Gasteiger partial charge on any atom is -0.469 e. The van der Waals surface area contributed by atoms with Crippen molar-refractivity contribution < 1.29 is 38.8 Å². The van der Waals surface area contributed by atoms with E-state index in [1.807, 2.05) is 0 Å². The van der Waals surface area contributed by atoms with Gasteiger partial charge in [0.2, 0.25) is 0 Å². The van der Waals surface area contributed by atoms with Crippen molar-refractivity contribution in [3.05, 3.63) is 23.8 Å². The van der Waals surface area contributed by atoms with E-state index in [4.69, 9.17) is 4.74 Å². The van der Waals surface area contributed by atoms with Gasteiger partial charge in [0, 0.05) is 16.7 Å². The van der Waals surface area contributed by atoms with Gasteiger partial charge in [-0.15, -0.1) is 0 Å². The van der Waals surface area contributed by atoms with E-state index in [-0.39, 0.29) is 18.6 Å². The van der Waals surface area contributed by atoms with E-state index < -0.39 is 64.3 Å². The van der Waals surface area contributed by atoms with E-state index >= 15 is 4.39 Å². The molecular formula is C23H29FO7. The van der Waals surface area contributed by atoms with Crippen molar-refractivity contribution in [2.24, 2.45) is 28.6 Å². The summed E-state index contributed by atoms with van der Waals surface area (Å²) >= 11 is 0. The van der Waals surface area contributed by atoms with E-state index in [2.05, 4.69) is 0 Å². The van der Waals surface area contributed by atoms with E-state index in [1.54, 1.807) is 13.8 Å². The number of ketones is 2. The lowest BCUT2D eigenvalue weighted by atomic mass is 9.44. The highest BCUT2D eigenvalue weighted by molar-refractivity contribution is 6.01. The number of ether oxygens (including phenoxy) is 1. The zero-order valence-corrected chi connectivity index (χ0v) is 17.9. The number of hydrogen-bond donors (Lipinski definition) is 3. The van der Waals surface area contributed by atoms with Crippen LogP contribution in [0.1, 0.15) is 39.5 Å². The Morgan fingerprint density at radius 3 is 2.58 bits per heavy atom. The third kappa shape index (κ3) is 2.47. The largest absolute Gasteiger partial charge is 0.469 e. The Morgan fingerprint density at radius 2 is 1.97 bits per heavy atom. The summed E-state index contributed by atoms with van der Waals surface area (Å²) in [5.41, 5.74) is -6.36. The predicted molar refractivity (Wildman–Crippen MR) is 106 cm³/mol. The normalized spacial score (nSPS) is 48.4. The number of methoxy groups -OCH3 is 1. The highest BCUT2D eigenvalue weighted by Crippen LogP contribution is 2.70. The second-order valence-electron chi connectivity index (χ2n) is 9.92. The molecule has 0 heterocycles. The Bertz CT molecular complexity index is 912. The smallest absolute Gasteiger partial charge is 0.312 e. The van der Waals surface area contributed by atoms with Crippen molar-refractivity contribution in [1.29, 1.82) is 0 Å². The van der Waals surface area contributed by atoms with Gasteiger partial charge in [-0.25, -0.2) is 4.39 Å². The van der Waals surface area contributed by atoms with Gasteiger partial charge in [0.15, 0.2) is 17.2 Å². The van der Waals surface area contributed by atoms with Crippen LogP contribution in [0.4, 0.5) is 4.39 Å². The molecule has 4 rings (SSSR count). The first-order chi connectivity index (χ1) is 14.4. The standard InChI is InChI=1S/C23H29FO7/c1-20-7-6-13(26)8-12(20)4-5-14-15-9-16(19(29)31-3)23(30,18(28)11-25)21(15,2)10-17(27)22(14,20)24/h6-8,14-17,25,27,30H,4-5,9-11H2,1-3H3/t14-,15-,16-,17?,20-,21-,22-,23-/m0/s1. The van der Waals surface area contributed by atoms with Crippen LogP contribution in [0.25, 0.3) is 0 Å². The molecule has 0 spiro atoms. The molecule has 8 heteroatoms. The Labute approximate surface area is 180 Å². The average molecular weight is 436 g/mol. The Kier molecular flexibility index (Phi) is 4.89. The number of fused-ring (bicyclic) bond motifs is 5. The van der Waals surface area contributed by atoms with Gasteiger partial charge in [-0.2, -0.15) is 0 Å². The van der Waals surface area contributed by atoms with Crippen LogP contribution < -0.4 is 0 Å². The first kappa shape index (κ1) is 22.3. The monoisotopic (exact) mass is 436 g/mol. The molecule has 0 radical (unpaired) electrons. The van der Waals surface area contributed by atoms with Gasteiger partial charge in [-0.1, -0.05) is 18.6 Å². The molecule has 31 heavy (non-hydrogen) atoms. The fourth-order valence-electron chi connectivity index (χ4n) is 7.30. The van der Waals surface area contributed by atoms with Gasteiger partial charge in [0.1, 0.15) is 12.2 Å². The number of carbonyl (C=O) groups is 3. The van der Waals surface area contributed by atoms with Crippen molar-refractivity contribution in [3.8, 4) is 0 Å². The maximum atomic E-state index is 17.0. The average Bonchev–Trinajstić information content (AvgIpc) is 2.97. The number of hydrogen-bond acceptors (Lipinski definition) is 7. The highest BCUT2D eigenvalue weighted by Gasteiger charge is 2.77. The lowest BCUT2D eigenvalue weighted by Gasteiger charge is -2.62. The lowest BCUT2D eigenvalue weighted by molar-refractivity contribution is -0.220. The Morgan fingerprint density at radius 1 is 1.29 bits per heavy atom. The second kappa shape index (κ2) is 6.80. The molecule has 0 aliphatic heterocycles. The summed E-state index contributed by atoms with van der Waals surface area (Å²) in [5, 5.41) is 32.3. The van der Waals surface area contributed by atoms with Crippen LogP contribution in [-0.2, 0) is 19.1 Å². The number of allylic oxidation sites excluding steroid dienone is 4. The molecule has 1 unspecified atom stereocenters. The summed E-state index contributed by atoms with van der Waals surface area (Å²) in [4.78, 5) is 37.2.